The molecule has 0 aliphatic heterocycles. The van der Waals surface area contributed by atoms with Crippen LogP contribution < -0.4 is 0 Å². The fourth-order valence-corrected chi connectivity index (χ4v) is 2.01. The van der Waals surface area contributed by atoms with E-state index in [1.54, 1.807) is 12.1 Å². The quantitative estimate of drug-likeness (QED) is 0.714. The van der Waals surface area contributed by atoms with Gasteiger partial charge in [0.2, 0.25) is 0 Å². The molecule has 4 heteroatoms. The Kier molecular flexibility index (Phi) is 3.92. The molecule has 0 bridgehead atoms. The smallest absolute Gasteiger partial charge is 0.126 e. The number of halogens is 4. The molecule has 0 saturated carbocycles. The summed E-state index contributed by atoms with van der Waals surface area (Å²) in [6, 6.07) is 9.04. The lowest BCUT2D eigenvalue weighted by molar-refractivity contribution is 0.579. The third-order valence-electron chi connectivity index (χ3n) is 2.57. The van der Waals surface area contributed by atoms with Gasteiger partial charge in [-0.05, 0) is 41.8 Å². The van der Waals surface area contributed by atoms with Crippen molar-refractivity contribution >= 4 is 11.6 Å². The molecule has 94 valence electrons. The summed E-state index contributed by atoms with van der Waals surface area (Å²) in [7, 11) is 0. The molecule has 1 unspecified atom stereocenters. The molecule has 2 rings (SSSR count). The van der Waals surface area contributed by atoms with Gasteiger partial charge in [-0.1, -0.05) is 12.1 Å². The molecule has 2 aromatic rings. The highest BCUT2D eigenvalue weighted by atomic mass is 35.5. The van der Waals surface area contributed by atoms with Gasteiger partial charge in [0.25, 0.3) is 0 Å². The lowest BCUT2D eigenvalue weighted by Crippen LogP contribution is -1.98. The maximum Gasteiger partial charge on any atom is 0.126 e. The van der Waals surface area contributed by atoms with Gasteiger partial charge in [0, 0.05) is 6.07 Å². The summed E-state index contributed by atoms with van der Waals surface area (Å²) in [4.78, 5) is 0. The highest BCUT2D eigenvalue weighted by molar-refractivity contribution is 6.20. The normalized spacial score (nSPS) is 12.4. The second-order valence-electron chi connectivity index (χ2n) is 4.00. The van der Waals surface area contributed by atoms with Gasteiger partial charge in [-0.2, -0.15) is 0 Å². The van der Waals surface area contributed by atoms with E-state index in [0.29, 0.717) is 12.0 Å². The monoisotopic (exact) mass is 270 g/mol. The summed E-state index contributed by atoms with van der Waals surface area (Å²) in [6.45, 7) is 0. The molecule has 1 atom stereocenters. The second-order valence-corrected chi connectivity index (χ2v) is 4.53. The van der Waals surface area contributed by atoms with Crippen molar-refractivity contribution in [2.24, 2.45) is 0 Å². The van der Waals surface area contributed by atoms with Gasteiger partial charge in [0.05, 0.1) is 5.38 Å². The number of benzene rings is 2. The Bertz CT molecular complexity index is 517. The van der Waals surface area contributed by atoms with Crippen LogP contribution in [0.15, 0.2) is 42.5 Å². The average molecular weight is 271 g/mol. The van der Waals surface area contributed by atoms with Crippen LogP contribution in [0.5, 0.6) is 0 Å². The van der Waals surface area contributed by atoms with E-state index in [-0.39, 0.29) is 5.82 Å². The largest absolute Gasteiger partial charge is 0.207 e. The molecule has 0 saturated heterocycles. The topological polar surface area (TPSA) is 0 Å². The first kappa shape index (κ1) is 13.0. The molecule has 0 heterocycles. The molecule has 0 N–H and O–H groups in total. The van der Waals surface area contributed by atoms with Crippen molar-refractivity contribution < 1.29 is 13.2 Å². The maximum absolute atomic E-state index is 13.0. The second kappa shape index (κ2) is 5.44. The Morgan fingerprint density at radius 2 is 1.39 bits per heavy atom. The Balaban J connectivity index is 2.16. The molecule has 18 heavy (non-hydrogen) atoms. The average Bonchev–Trinajstić information content (AvgIpc) is 2.31. The molecule has 2 aromatic carbocycles. The molecule has 0 aromatic heterocycles. The molecule has 0 aliphatic carbocycles. The molecule has 0 aliphatic rings. The van der Waals surface area contributed by atoms with Crippen LogP contribution in [0.4, 0.5) is 13.2 Å². The fourth-order valence-electron chi connectivity index (χ4n) is 1.70. The minimum atomic E-state index is -0.658. The van der Waals surface area contributed by atoms with Crippen LogP contribution in [0.1, 0.15) is 16.5 Å². The molecule has 0 nitrogen and oxygen atoms in total. The van der Waals surface area contributed by atoms with Crippen molar-refractivity contribution in [1.82, 2.24) is 0 Å². The summed E-state index contributed by atoms with van der Waals surface area (Å²) < 4.78 is 38.8. The van der Waals surface area contributed by atoms with Crippen LogP contribution >= 0.6 is 11.6 Å². The fraction of sp³-hybridized carbons (Fsp3) is 0.143. The first-order chi connectivity index (χ1) is 8.54. The minimum absolute atomic E-state index is 0.332. The van der Waals surface area contributed by atoms with Crippen molar-refractivity contribution in [1.29, 1.82) is 0 Å². The third-order valence-corrected chi connectivity index (χ3v) is 2.98. The van der Waals surface area contributed by atoms with Gasteiger partial charge < -0.3 is 0 Å². The number of alkyl halides is 1. The van der Waals surface area contributed by atoms with Crippen molar-refractivity contribution in [2.45, 2.75) is 11.8 Å². The molecule has 0 amide bonds. The van der Waals surface area contributed by atoms with E-state index in [4.69, 9.17) is 11.6 Å². The maximum atomic E-state index is 13.0. The van der Waals surface area contributed by atoms with E-state index < -0.39 is 17.0 Å². The Morgan fingerprint density at radius 1 is 0.833 bits per heavy atom. The number of rotatable bonds is 3. The first-order valence-electron chi connectivity index (χ1n) is 5.39. The number of hydrogen-bond acceptors (Lipinski definition) is 0. The van der Waals surface area contributed by atoms with Crippen LogP contribution in [0.2, 0.25) is 0 Å². The highest BCUT2D eigenvalue weighted by Gasteiger charge is 2.11. The van der Waals surface area contributed by atoms with Gasteiger partial charge in [-0.25, -0.2) is 13.2 Å². The van der Waals surface area contributed by atoms with Crippen molar-refractivity contribution in [3.8, 4) is 0 Å². The zero-order valence-corrected chi connectivity index (χ0v) is 10.1. The summed E-state index contributed by atoms with van der Waals surface area (Å²) in [5.74, 6) is -1.65. The van der Waals surface area contributed by atoms with Crippen LogP contribution in [0, 0.1) is 17.5 Å². The zero-order valence-electron chi connectivity index (χ0n) is 9.34. The third kappa shape index (κ3) is 3.26. The Hall–Kier alpha value is -1.48. The van der Waals surface area contributed by atoms with Crippen molar-refractivity contribution in [3.63, 3.8) is 0 Å². The van der Waals surface area contributed by atoms with Crippen LogP contribution in [-0.4, -0.2) is 0 Å². The summed E-state index contributed by atoms with van der Waals surface area (Å²) in [5.41, 5.74) is 1.18. The van der Waals surface area contributed by atoms with Crippen molar-refractivity contribution in [2.75, 3.05) is 0 Å². The Morgan fingerprint density at radius 3 is 1.94 bits per heavy atom. The molecule has 0 spiro atoms. The van der Waals surface area contributed by atoms with Gasteiger partial charge in [0.15, 0.2) is 0 Å². The number of hydrogen-bond donors (Lipinski definition) is 0. The van der Waals surface area contributed by atoms with Crippen LogP contribution in [0.3, 0.4) is 0 Å². The van der Waals surface area contributed by atoms with Gasteiger partial charge >= 0.3 is 0 Å². The van der Waals surface area contributed by atoms with E-state index >= 15 is 0 Å². The first-order valence-corrected chi connectivity index (χ1v) is 5.83. The van der Waals surface area contributed by atoms with Gasteiger partial charge in [0.1, 0.15) is 17.5 Å². The van der Waals surface area contributed by atoms with E-state index in [1.807, 2.05) is 0 Å². The van der Waals surface area contributed by atoms with Gasteiger partial charge in [-0.15, -0.1) is 11.6 Å². The summed E-state index contributed by atoms with van der Waals surface area (Å²) >= 11 is 6.10. The molecule has 0 radical (unpaired) electrons. The molecule has 0 fully saturated rings. The van der Waals surface area contributed by atoms with Crippen molar-refractivity contribution in [3.05, 3.63) is 71.0 Å². The SMILES string of the molecule is Fc1ccc(CC(Cl)c2cc(F)cc(F)c2)cc1. The van der Waals surface area contributed by atoms with E-state index in [9.17, 15) is 13.2 Å². The lowest BCUT2D eigenvalue weighted by atomic mass is 10.0. The summed E-state index contributed by atoms with van der Waals surface area (Å²) in [6.07, 6.45) is 0.380. The van der Waals surface area contributed by atoms with Crippen LogP contribution in [-0.2, 0) is 6.42 Å². The van der Waals surface area contributed by atoms with E-state index in [2.05, 4.69) is 0 Å². The predicted molar refractivity (Wildman–Crippen MR) is 65.1 cm³/mol. The molecular formula is C14H10ClF3. The highest BCUT2D eigenvalue weighted by Crippen LogP contribution is 2.26. The van der Waals surface area contributed by atoms with Gasteiger partial charge in [-0.3, -0.25) is 0 Å². The van der Waals surface area contributed by atoms with Crippen LogP contribution in [0.25, 0.3) is 0 Å². The summed E-state index contributed by atoms with van der Waals surface area (Å²) in [5, 5.41) is -0.555. The zero-order chi connectivity index (χ0) is 13.1. The molecular weight excluding hydrogens is 261 g/mol. The standard InChI is InChI=1S/C14H10ClF3/c15-14(5-9-1-3-11(16)4-2-9)10-6-12(17)8-13(18)7-10/h1-4,6-8,14H,5H2. The lowest BCUT2D eigenvalue weighted by Gasteiger charge is -2.10. The van der Waals surface area contributed by atoms with E-state index in [1.165, 1.54) is 24.3 Å². The predicted octanol–water partition coefficient (Wildman–Crippen LogP) is 4.63. The van der Waals surface area contributed by atoms with E-state index in [0.717, 1.165) is 11.6 Å². The minimum Gasteiger partial charge on any atom is -0.207 e. The Labute approximate surface area is 108 Å².